The molecule has 0 bridgehead atoms. The summed E-state index contributed by atoms with van der Waals surface area (Å²) in [6.45, 7) is 14.6. The Bertz CT molecular complexity index is 253. The molecule has 1 heterocycles. The fourth-order valence-corrected chi connectivity index (χ4v) is 4.04. The van der Waals surface area contributed by atoms with Gasteiger partial charge in [-0.05, 0) is 37.8 Å². The standard InChI is InChI=1S/C17H35N3/c1-3-10-19-11-13-20(14-12-19)16-17(15-18-4-2)8-6-5-7-9-17/h18H,3-16H2,1-2H3. The normalized spacial score (nSPS) is 24.9. The monoisotopic (exact) mass is 281 g/mol. The van der Waals surface area contributed by atoms with Crippen LogP contribution in [-0.4, -0.2) is 62.2 Å². The van der Waals surface area contributed by atoms with E-state index < -0.39 is 0 Å². The second kappa shape index (κ2) is 8.35. The molecular formula is C17H35N3. The second-order valence-electron chi connectivity index (χ2n) is 6.96. The molecule has 1 aliphatic heterocycles. The summed E-state index contributed by atoms with van der Waals surface area (Å²) in [7, 11) is 0. The van der Waals surface area contributed by atoms with Gasteiger partial charge < -0.3 is 15.1 Å². The van der Waals surface area contributed by atoms with Gasteiger partial charge >= 0.3 is 0 Å². The van der Waals surface area contributed by atoms with E-state index in [1.165, 1.54) is 84.3 Å². The summed E-state index contributed by atoms with van der Waals surface area (Å²) in [5.41, 5.74) is 0.571. The minimum atomic E-state index is 0.571. The summed E-state index contributed by atoms with van der Waals surface area (Å²) in [6.07, 6.45) is 8.52. The van der Waals surface area contributed by atoms with Gasteiger partial charge in [-0.25, -0.2) is 0 Å². The number of nitrogens with zero attached hydrogens (tertiary/aromatic N) is 2. The molecule has 0 aromatic carbocycles. The molecular weight excluding hydrogens is 246 g/mol. The molecule has 2 aliphatic rings. The maximum absolute atomic E-state index is 3.64. The molecule has 1 saturated heterocycles. The molecule has 0 unspecified atom stereocenters. The molecule has 1 N–H and O–H groups in total. The van der Waals surface area contributed by atoms with Crippen LogP contribution in [0.25, 0.3) is 0 Å². The maximum Gasteiger partial charge on any atom is 0.0110 e. The molecule has 118 valence electrons. The van der Waals surface area contributed by atoms with Gasteiger partial charge in [0, 0.05) is 39.3 Å². The van der Waals surface area contributed by atoms with Crippen molar-refractivity contribution in [1.29, 1.82) is 0 Å². The van der Waals surface area contributed by atoms with Crippen molar-refractivity contribution >= 4 is 0 Å². The van der Waals surface area contributed by atoms with E-state index in [-0.39, 0.29) is 0 Å². The van der Waals surface area contributed by atoms with Gasteiger partial charge in [0.15, 0.2) is 0 Å². The van der Waals surface area contributed by atoms with Crippen molar-refractivity contribution in [3.05, 3.63) is 0 Å². The molecule has 0 aromatic rings. The third kappa shape index (κ3) is 4.71. The largest absolute Gasteiger partial charge is 0.316 e. The van der Waals surface area contributed by atoms with E-state index in [1.54, 1.807) is 0 Å². The smallest absolute Gasteiger partial charge is 0.0110 e. The molecule has 2 rings (SSSR count). The van der Waals surface area contributed by atoms with E-state index in [0.717, 1.165) is 6.54 Å². The third-order valence-electron chi connectivity index (χ3n) is 5.23. The fourth-order valence-electron chi connectivity index (χ4n) is 4.04. The molecule has 0 radical (unpaired) electrons. The van der Waals surface area contributed by atoms with Crippen molar-refractivity contribution in [2.75, 3.05) is 52.4 Å². The first-order valence-electron chi connectivity index (χ1n) is 8.93. The zero-order valence-electron chi connectivity index (χ0n) is 13.8. The van der Waals surface area contributed by atoms with Gasteiger partial charge in [-0.3, -0.25) is 0 Å². The lowest BCUT2D eigenvalue weighted by molar-refractivity contribution is 0.0623. The average molecular weight is 281 g/mol. The van der Waals surface area contributed by atoms with E-state index in [9.17, 15) is 0 Å². The first-order valence-corrected chi connectivity index (χ1v) is 8.93. The van der Waals surface area contributed by atoms with Crippen LogP contribution in [0, 0.1) is 5.41 Å². The molecule has 0 amide bonds. The van der Waals surface area contributed by atoms with E-state index in [1.807, 2.05) is 0 Å². The molecule has 1 saturated carbocycles. The van der Waals surface area contributed by atoms with Crippen LogP contribution in [0.5, 0.6) is 0 Å². The second-order valence-corrected chi connectivity index (χ2v) is 6.96. The minimum Gasteiger partial charge on any atom is -0.316 e. The zero-order valence-corrected chi connectivity index (χ0v) is 13.8. The molecule has 0 spiro atoms. The van der Waals surface area contributed by atoms with Crippen LogP contribution < -0.4 is 5.32 Å². The molecule has 0 atom stereocenters. The number of hydrogen-bond acceptors (Lipinski definition) is 3. The number of nitrogens with one attached hydrogen (secondary N) is 1. The van der Waals surface area contributed by atoms with Crippen LogP contribution in [0.15, 0.2) is 0 Å². The Morgan fingerprint density at radius 3 is 2.15 bits per heavy atom. The summed E-state index contributed by atoms with van der Waals surface area (Å²) < 4.78 is 0. The lowest BCUT2D eigenvalue weighted by Crippen LogP contribution is -2.52. The Labute approximate surface area is 126 Å². The van der Waals surface area contributed by atoms with E-state index in [2.05, 4.69) is 29.0 Å². The summed E-state index contributed by atoms with van der Waals surface area (Å²) in [5.74, 6) is 0. The Kier molecular flexibility index (Phi) is 6.79. The topological polar surface area (TPSA) is 18.5 Å². The Balaban J connectivity index is 1.82. The molecule has 20 heavy (non-hydrogen) atoms. The number of rotatable bonds is 7. The highest BCUT2D eigenvalue weighted by Crippen LogP contribution is 2.36. The molecule has 2 fully saturated rings. The highest BCUT2D eigenvalue weighted by molar-refractivity contribution is 4.89. The van der Waals surface area contributed by atoms with Gasteiger partial charge in [-0.1, -0.05) is 33.1 Å². The van der Waals surface area contributed by atoms with Crippen molar-refractivity contribution in [3.8, 4) is 0 Å². The van der Waals surface area contributed by atoms with Gasteiger partial charge in [0.2, 0.25) is 0 Å². The predicted molar refractivity (Wildman–Crippen MR) is 87.2 cm³/mol. The van der Waals surface area contributed by atoms with Crippen molar-refractivity contribution in [3.63, 3.8) is 0 Å². The first kappa shape index (κ1) is 16.3. The van der Waals surface area contributed by atoms with Crippen LogP contribution in [-0.2, 0) is 0 Å². The van der Waals surface area contributed by atoms with Crippen molar-refractivity contribution < 1.29 is 0 Å². The average Bonchev–Trinajstić information content (AvgIpc) is 2.49. The third-order valence-corrected chi connectivity index (χ3v) is 5.23. The lowest BCUT2D eigenvalue weighted by atomic mass is 9.73. The lowest BCUT2D eigenvalue weighted by Gasteiger charge is -2.44. The Morgan fingerprint density at radius 2 is 1.55 bits per heavy atom. The van der Waals surface area contributed by atoms with Crippen molar-refractivity contribution in [2.45, 2.75) is 52.4 Å². The summed E-state index contributed by atoms with van der Waals surface area (Å²) in [5, 5.41) is 3.64. The number of hydrogen-bond donors (Lipinski definition) is 1. The van der Waals surface area contributed by atoms with Gasteiger partial charge in [0.25, 0.3) is 0 Å². The van der Waals surface area contributed by atoms with Crippen LogP contribution in [0.3, 0.4) is 0 Å². The van der Waals surface area contributed by atoms with Gasteiger partial charge in [-0.15, -0.1) is 0 Å². The zero-order chi connectivity index (χ0) is 14.3. The van der Waals surface area contributed by atoms with Gasteiger partial charge in [0.05, 0.1) is 0 Å². The molecule has 1 aliphatic carbocycles. The molecule has 3 heteroatoms. The predicted octanol–water partition coefficient (Wildman–Crippen LogP) is 2.57. The Morgan fingerprint density at radius 1 is 0.900 bits per heavy atom. The van der Waals surface area contributed by atoms with Crippen LogP contribution in [0.1, 0.15) is 52.4 Å². The van der Waals surface area contributed by atoms with Gasteiger partial charge in [-0.2, -0.15) is 0 Å². The van der Waals surface area contributed by atoms with Crippen molar-refractivity contribution in [1.82, 2.24) is 15.1 Å². The molecule has 3 nitrogen and oxygen atoms in total. The highest BCUT2D eigenvalue weighted by Gasteiger charge is 2.34. The maximum atomic E-state index is 3.64. The molecule has 0 aromatic heterocycles. The SMILES string of the molecule is CCCN1CCN(CC2(CNCC)CCCCC2)CC1. The van der Waals surface area contributed by atoms with E-state index in [4.69, 9.17) is 0 Å². The van der Waals surface area contributed by atoms with E-state index in [0.29, 0.717) is 5.41 Å². The summed E-state index contributed by atoms with van der Waals surface area (Å²) in [4.78, 5) is 5.38. The first-order chi connectivity index (χ1) is 9.78. The van der Waals surface area contributed by atoms with Crippen LogP contribution >= 0.6 is 0 Å². The summed E-state index contributed by atoms with van der Waals surface area (Å²) >= 11 is 0. The quantitative estimate of drug-likeness (QED) is 0.774. The highest BCUT2D eigenvalue weighted by atomic mass is 15.3. The van der Waals surface area contributed by atoms with Gasteiger partial charge in [0.1, 0.15) is 0 Å². The summed E-state index contributed by atoms with van der Waals surface area (Å²) in [6, 6.07) is 0. The fraction of sp³-hybridized carbons (Fsp3) is 1.00. The van der Waals surface area contributed by atoms with Crippen LogP contribution in [0.4, 0.5) is 0 Å². The minimum absolute atomic E-state index is 0.571. The van der Waals surface area contributed by atoms with E-state index >= 15 is 0 Å². The van der Waals surface area contributed by atoms with Crippen LogP contribution in [0.2, 0.25) is 0 Å². The number of piperazine rings is 1. The van der Waals surface area contributed by atoms with Crippen molar-refractivity contribution in [2.24, 2.45) is 5.41 Å². The Hall–Kier alpha value is -0.120.